The van der Waals surface area contributed by atoms with Gasteiger partial charge in [-0.05, 0) is 59.1 Å². The molecular formula is C18H19BrN2O2. The van der Waals surface area contributed by atoms with E-state index in [0.29, 0.717) is 17.0 Å². The highest BCUT2D eigenvalue weighted by Gasteiger charge is 2.16. The summed E-state index contributed by atoms with van der Waals surface area (Å²) in [6, 6.07) is 13.3. The molecule has 1 saturated heterocycles. The number of amides is 1. The van der Waals surface area contributed by atoms with Gasteiger partial charge in [-0.3, -0.25) is 4.79 Å². The van der Waals surface area contributed by atoms with E-state index in [4.69, 9.17) is 4.74 Å². The number of nitrogens with zero attached hydrogens (tertiary/aromatic N) is 1. The zero-order valence-electron chi connectivity index (χ0n) is 13.0. The number of hydrogen-bond donors (Lipinski definition) is 1. The fraction of sp³-hybridized carbons (Fsp3) is 0.278. The first kappa shape index (κ1) is 15.9. The molecule has 1 heterocycles. The van der Waals surface area contributed by atoms with Crippen LogP contribution in [0.4, 0.5) is 11.4 Å². The zero-order valence-corrected chi connectivity index (χ0v) is 14.6. The molecular weight excluding hydrogens is 356 g/mol. The molecule has 0 spiro atoms. The summed E-state index contributed by atoms with van der Waals surface area (Å²) < 4.78 is 6.16. The lowest BCUT2D eigenvalue weighted by Gasteiger charge is -2.20. The Hall–Kier alpha value is -2.01. The molecule has 23 heavy (non-hydrogen) atoms. The molecule has 120 valence electrons. The van der Waals surface area contributed by atoms with Crippen LogP contribution in [0.25, 0.3) is 0 Å². The van der Waals surface area contributed by atoms with Crippen LogP contribution in [0, 0.1) is 0 Å². The van der Waals surface area contributed by atoms with Crippen molar-refractivity contribution in [1.82, 2.24) is 0 Å². The number of ether oxygens (including phenoxy) is 1. The molecule has 0 atom stereocenters. The third-order valence-corrected chi connectivity index (χ3v) is 4.71. The van der Waals surface area contributed by atoms with Crippen molar-refractivity contribution in [3.05, 3.63) is 52.5 Å². The van der Waals surface area contributed by atoms with Crippen LogP contribution in [0.5, 0.6) is 5.75 Å². The maximum atomic E-state index is 12.5. The summed E-state index contributed by atoms with van der Waals surface area (Å²) in [5.74, 6) is 0.502. The van der Waals surface area contributed by atoms with Crippen LogP contribution in [-0.2, 0) is 0 Å². The fourth-order valence-electron chi connectivity index (χ4n) is 2.80. The van der Waals surface area contributed by atoms with Crippen LogP contribution in [-0.4, -0.2) is 26.1 Å². The van der Waals surface area contributed by atoms with Gasteiger partial charge in [0.05, 0.1) is 18.4 Å². The highest BCUT2D eigenvalue weighted by atomic mass is 79.9. The summed E-state index contributed by atoms with van der Waals surface area (Å²) in [5.41, 5.74) is 2.41. The molecule has 0 saturated carbocycles. The lowest BCUT2D eigenvalue weighted by Crippen LogP contribution is -2.18. The van der Waals surface area contributed by atoms with Crippen LogP contribution in [0.3, 0.4) is 0 Å². The van der Waals surface area contributed by atoms with Gasteiger partial charge in [0.2, 0.25) is 0 Å². The van der Waals surface area contributed by atoms with E-state index in [1.165, 1.54) is 12.8 Å². The molecule has 1 amide bonds. The number of carbonyl (C=O) groups is 1. The highest BCUT2D eigenvalue weighted by Crippen LogP contribution is 2.32. The monoisotopic (exact) mass is 374 g/mol. The topological polar surface area (TPSA) is 41.6 Å². The van der Waals surface area contributed by atoms with Crippen LogP contribution in [0.2, 0.25) is 0 Å². The normalized spacial score (nSPS) is 13.9. The number of methoxy groups -OCH3 is 1. The number of benzene rings is 2. The molecule has 1 aliphatic heterocycles. The summed E-state index contributed by atoms with van der Waals surface area (Å²) in [5, 5.41) is 2.96. The van der Waals surface area contributed by atoms with E-state index in [9.17, 15) is 4.79 Å². The first-order chi connectivity index (χ1) is 11.2. The smallest absolute Gasteiger partial charge is 0.256 e. The minimum Gasteiger partial charge on any atom is -0.495 e. The Bertz CT molecular complexity index is 712. The molecule has 0 unspecified atom stereocenters. The quantitative estimate of drug-likeness (QED) is 0.866. The van der Waals surface area contributed by atoms with E-state index in [-0.39, 0.29) is 5.91 Å². The zero-order chi connectivity index (χ0) is 16.2. The number of rotatable bonds is 4. The predicted octanol–water partition coefficient (Wildman–Crippen LogP) is 4.31. The maximum Gasteiger partial charge on any atom is 0.256 e. The van der Waals surface area contributed by atoms with Crippen molar-refractivity contribution in [2.75, 3.05) is 30.4 Å². The standard InChI is InChI=1S/C18H19BrN2O2/c1-23-17-9-8-13(21-10-4-5-11-21)12-16(17)20-18(22)14-6-2-3-7-15(14)19/h2-3,6-9,12H,4-5,10-11H2,1H3,(H,20,22). The van der Waals surface area contributed by atoms with E-state index in [2.05, 4.69) is 26.1 Å². The van der Waals surface area contributed by atoms with Gasteiger partial charge in [-0.15, -0.1) is 0 Å². The molecule has 0 aliphatic carbocycles. The van der Waals surface area contributed by atoms with Crippen molar-refractivity contribution in [3.63, 3.8) is 0 Å². The molecule has 4 nitrogen and oxygen atoms in total. The molecule has 3 rings (SSSR count). The molecule has 1 N–H and O–H groups in total. The first-order valence-electron chi connectivity index (χ1n) is 7.68. The van der Waals surface area contributed by atoms with Gasteiger partial charge in [-0.2, -0.15) is 0 Å². The summed E-state index contributed by atoms with van der Waals surface area (Å²) in [6.45, 7) is 2.12. The molecule has 0 aromatic heterocycles. The summed E-state index contributed by atoms with van der Waals surface area (Å²) >= 11 is 3.41. The minimum atomic E-state index is -0.158. The Balaban J connectivity index is 1.87. The van der Waals surface area contributed by atoms with Crippen molar-refractivity contribution in [1.29, 1.82) is 0 Å². The number of nitrogens with one attached hydrogen (secondary N) is 1. The predicted molar refractivity (Wildman–Crippen MR) is 96.5 cm³/mol. The van der Waals surface area contributed by atoms with Crippen molar-refractivity contribution in [3.8, 4) is 5.75 Å². The molecule has 0 bridgehead atoms. The minimum absolute atomic E-state index is 0.158. The number of halogens is 1. The second-order valence-corrected chi connectivity index (χ2v) is 6.37. The van der Waals surface area contributed by atoms with Crippen molar-refractivity contribution < 1.29 is 9.53 Å². The average molecular weight is 375 g/mol. The Morgan fingerprint density at radius 2 is 1.91 bits per heavy atom. The lowest BCUT2D eigenvalue weighted by molar-refractivity contribution is 0.102. The van der Waals surface area contributed by atoms with Crippen LogP contribution < -0.4 is 15.0 Å². The first-order valence-corrected chi connectivity index (χ1v) is 8.47. The van der Waals surface area contributed by atoms with Gasteiger partial charge in [0.1, 0.15) is 5.75 Å². The van der Waals surface area contributed by atoms with Gasteiger partial charge in [-0.25, -0.2) is 0 Å². The van der Waals surface area contributed by atoms with Crippen LogP contribution >= 0.6 is 15.9 Å². The van der Waals surface area contributed by atoms with E-state index >= 15 is 0 Å². The summed E-state index contributed by atoms with van der Waals surface area (Å²) in [4.78, 5) is 14.9. The summed E-state index contributed by atoms with van der Waals surface area (Å²) in [6.07, 6.45) is 2.43. The summed E-state index contributed by atoms with van der Waals surface area (Å²) in [7, 11) is 1.61. The van der Waals surface area contributed by atoms with Crippen molar-refractivity contribution in [2.45, 2.75) is 12.8 Å². The van der Waals surface area contributed by atoms with Gasteiger partial charge >= 0.3 is 0 Å². The highest BCUT2D eigenvalue weighted by molar-refractivity contribution is 9.10. The van der Waals surface area contributed by atoms with Crippen LogP contribution in [0.15, 0.2) is 46.9 Å². The molecule has 2 aromatic rings. The van der Waals surface area contributed by atoms with E-state index in [1.54, 1.807) is 13.2 Å². The van der Waals surface area contributed by atoms with Gasteiger partial charge in [-0.1, -0.05) is 12.1 Å². The third-order valence-electron chi connectivity index (χ3n) is 4.02. The largest absolute Gasteiger partial charge is 0.495 e. The second-order valence-electron chi connectivity index (χ2n) is 5.51. The SMILES string of the molecule is COc1ccc(N2CCCC2)cc1NC(=O)c1ccccc1Br. The number of anilines is 2. The van der Waals surface area contributed by atoms with Gasteiger partial charge in [0, 0.05) is 23.2 Å². The Morgan fingerprint density at radius 1 is 1.17 bits per heavy atom. The molecule has 2 aromatic carbocycles. The lowest BCUT2D eigenvalue weighted by atomic mass is 10.2. The average Bonchev–Trinajstić information content (AvgIpc) is 3.09. The van der Waals surface area contributed by atoms with E-state index in [0.717, 1.165) is 23.2 Å². The third kappa shape index (κ3) is 3.50. The maximum absolute atomic E-state index is 12.5. The van der Waals surface area contributed by atoms with Gasteiger partial charge in [0.25, 0.3) is 5.91 Å². The van der Waals surface area contributed by atoms with Crippen molar-refractivity contribution in [2.24, 2.45) is 0 Å². The molecule has 1 fully saturated rings. The van der Waals surface area contributed by atoms with E-state index < -0.39 is 0 Å². The van der Waals surface area contributed by atoms with Gasteiger partial charge in [0.15, 0.2) is 0 Å². The molecule has 0 radical (unpaired) electrons. The number of carbonyl (C=O) groups excluding carboxylic acids is 1. The Labute approximate surface area is 144 Å². The molecule has 5 heteroatoms. The number of hydrogen-bond acceptors (Lipinski definition) is 3. The van der Waals surface area contributed by atoms with Crippen LogP contribution in [0.1, 0.15) is 23.2 Å². The van der Waals surface area contributed by atoms with Crippen molar-refractivity contribution >= 4 is 33.2 Å². The molecule has 1 aliphatic rings. The Morgan fingerprint density at radius 3 is 2.61 bits per heavy atom. The van der Waals surface area contributed by atoms with Gasteiger partial charge < -0.3 is 15.0 Å². The second kappa shape index (κ2) is 7.04. The van der Waals surface area contributed by atoms with E-state index in [1.807, 2.05) is 36.4 Å². The fourth-order valence-corrected chi connectivity index (χ4v) is 3.27. The Kier molecular flexibility index (Phi) is 4.86.